The molecular weight excluding hydrogens is 710 g/mol. The zero-order valence-electron chi connectivity index (χ0n) is 28.4. The Balaban J connectivity index is 0.000000204. The lowest BCUT2D eigenvalue weighted by Crippen LogP contribution is -2.15. The van der Waals surface area contributed by atoms with Crippen molar-refractivity contribution in [3.8, 4) is 0 Å². The van der Waals surface area contributed by atoms with Gasteiger partial charge in [-0.1, -0.05) is 0 Å². The lowest BCUT2D eigenvalue weighted by atomic mass is 10.0. The Morgan fingerprint density at radius 3 is 1.55 bits per heavy atom. The second kappa shape index (κ2) is 16.8. The summed E-state index contributed by atoms with van der Waals surface area (Å²) in [5.41, 5.74) is 2.32. The molecule has 0 aliphatic heterocycles. The molecule has 6 aromatic heterocycles. The van der Waals surface area contributed by atoms with Gasteiger partial charge < -0.3 is 9.84 Å². The Bertz CT molecular complexity index is 2240. The average molecular weight is 743 g/mol. The normalized spacial score (nSPS) is 12.7. The third-order valence-electron chi connectivity index (χ3n) is 7.99. The Hall–Kier alpha value is -5.62. The topological polar surface area (TPSA) is 150 Å². The minimum absolute atomic E-state index is 0.0141. The van der Waals surface area contributed by atoms with E-state index in [2.05, 4.69) is 30.1 Å². The molecule has 12 nitrogen and oxygen atoms in total. The number of aliphatic hydroxyl groups is 1. The van der Waals surface area contributed by atoms with Crippen LogP contribution in [0.5, 0.6) is 0 Å². The lowest BCUT2D eigenvalue weighted by molar-refractivity contribution is -0.118. The highest BCUT2D eigenvalue weighted by Gasteiger charge is 2.21. The molecule has 0 spiro atoms. The van der Waals surface area contributed by atoms with Crippen molar-refractivity contribution in [3.05, 3.63) is 118 Å². The maximum atomic E-state index is 13.5. The van der Waals surface area contributed by atoms with Crippen LogP contribution in [0.3, 0.4) is 0 Å². The van der Waals surface area contributed by atoms with Crippen LogP contribution in [0.2, 0.25) is 0 Å². The minimum atomic E-state index is -2.71. The van der Waals surface area contributed by atoms with Gasteiger partial charge in [0.05, 0.1) is 23.6 Å². The predicted molar refractivity (Wildman–Crippen MR) is 175 cm³/mol. The molecule has 0 fully saturated rings. The molecule has 6 aromatic rings. The van der Waals surface area contributed by atoms with Crippen LogP contribution in [0.4, 0.5) is 26.3 Å². The summed E-state index contributed by atoms with van der Waals surface area (Å²) in [6.45, 7) is 3.22. The highest BCUT2D eigenvalue weighted by Crippen LogP contribution is 2.24. The van der Waals surface area contributed by atoms with Crippen molar-refractivity contribution in [1.82, 2.24) is 39.2 Å². The number of fused-ring (bicyclic) bond motifs is 2. The zero-order chi connectivity index (χ0) is 38.4. The number of ketones is 2. The van der Waals surface area contributed by atoms with Gasteiger partial charge in [0, 0.05) is 80.8 Å². The van der Waals surface area contributed by atoms with Gasteiger partial charge in [0.2, 0.25) is 11.9 Å². The molecule has 1 N–H and O–H groups in total. The van der Waals surface area contributed by atoms with Crippen molar-refractivity contribution in [2.45, 2.75) is 64.6 Å². The number of hydrogen-bond donors (Lipinski definition) is 1. The summed E-state index contributed by atoms with van der Waals surface area (Å²) in [6, 6.07) is 7.70. The minimum Gasteiger partial charge on any atom is -0.387 e. The number of ether oxygens (including phenoxy) is 1. The average Bonchev–Trinajstić information content (AvgIpc) is 3.68. The summed E-state index contributed by atoms with van der Waals surface area (Å²) >= 11 is 0. The Morgan fingerprint density at radius 1 is 0.698 bits per heavy atom. The third-order valence-corrected chi connectivity index (χ3v) is 7.99. The fraction of sp³-hybridized carbons (Fsp3) is 0.314. The Labute approximate surface area is 297 Å². The molecule has 0 saturated heterocycles. The number of carbonyl (C=O) groups is 2. The maximum absolute atomic E-state index is 13.5. The van der Waals surface area contributed by atoms with Gasteiger partial charge in [-0.25, -0.2) is 36.6 Å². The van der Waals surface area contributed by atoms with E-state index in [1.807, 2.05) is 0 Å². The highest BCUT2D eigenvalue weighted by atomic mass is 19.3. The number of rotatable bonds is 13. The molecule has 278 valence electrons. The summed E-state index contributed by atoms with van der Waals surface area (Å²) < 4.78 is 85.6. The second-order valence-corrected chi connectivity index (χ2v) is 11.9. The fourth-order valence-electron chi connectivity index (χ4n) is 5.63. The first-order chi connectivity index (χ1) is 25.2. The molecule has 0 amide bonds. The van der Waals surface area contributed by atoms with Gasteiger partial charge in [0.15, 0.2) is 11.3 Å². The largest absolute Gasteiger partial charge is 0.387 e. The highest BCUT2D eigenvalue weighted by molar-refractivity contribution is 5.84. The molecule has 2 atom stereocenters. The SMILES string of the molecule is CO[C@@H](C)c1c(CC(=O)Cc2ccnc(C(F)F)c2)cnc2cc(F)nn12.C[C@H](O)c1c(CC(=O)Cc2ccnc(C(F)F)c2)cnc2cc(F)nn12. The quantitative estimate of drug-likeness (QED) is 0.142. The van der Waals surface area contributed by atoms with Crippen LogP contribution in [0, 0.1) is 11.9 Å². The van der Waals surface area contributed by atoms with Crippen molar-refractivity contribution in [2.24, 2.45) is 0 Å². The van der Waals surface area contributed by atoms with Crippen LogP contribution in [-0.4, -0.2) is 62.9 Å². The molecule has 6 rings (SSSR count). The van der Waals surface area contributed by atoms with Gasteiger partial charge in [-0.2, -0.15) is 8.78 Å². The molecular formula is C35H32F6N8O4. The molecule has 0 saturated carbocycles. The number of aromatic nitrogens is 8. The number of nitrogens with zero attached hydrogens (tertiary/aromatic N) is 8. The van der Waals surface area contributed by atoms with Gasteiger partial charge in [-0.05, 0) is 49.2 Å². The van der Waals surface area contributed by atoms with Crippen LogP contribution in [0.25, 0.3) is 11.3 Å². The summed E-state index contributed by atoms with van der Waals surface area (Å²) in [4.78, 5) is 40.1. The molecule has 0 bridgehead atoms. The second-order valence-electron chi connectivity index (χ2n) is 11.9. The van der Waals surface area contributed by atoms with Gasteiger partial charge in [0.1, 0.15) is 23.0 Å². The van der Waals surface area contributed by atoms with E-state index in [0.717, 1.165) is 10.6 Å². The standard InChI is InChI=1S/C18H17F3N4O2.C17H15F3N4O2/c1-10(27-2)17-12(9-23-16-8-15(19)24-25(16)17)7-13(26)5-11-3-4-22-14(6-11)18(20)21;1-9(25)16-11(8-22-15-7-14(18)23-24(15)16)6-12(26)4-10-2-3-21-13(5-10)17(19)20/h3-4,6,8-10,18H,5,7H2,1-2H3;2-3,5,7-9,17,25H,4,6H2,1H3/t10-;9-/m00/s1. The molecule has 0 aliphatic rings. The van der Waals surface area contributed by atoms with Crippen molar-refractivity contribution >= 4 is 22.9 Å². The zero-order valence-corrected chi connectivity index (χ0v) is 28.4. The number of alkyl halides is 4. The summed E-state index contributed by atoms with van der Waals surface area (Å²) in [5, 5.41) is 17.4. The first kappa shape index (κ1) is 38.6. The number of halogens is 6. The number of hydrogen-bond acceptors (Lipinski definition) is 10. The van der Waals surface area contributed by atoms with E-state index in [9.17, 15) is 41.0 Å². The molecule has 18 heteroatoms. The van der Waals surface area contributed by atoms with Gasteiger partial charge in [0.25, 0.3) is 12.9 Å². The Kier molecular flexibility index (Phi) is 12.2. The molecule has 0 radical (unpaired) electrons. The predicted octanol–water partition coefficient (Wildman–Crippen LogP) is 5.87. The first-order valence-corrected chi connectivity index (χ1v) is 16.0. The van der Waals surface area contributed by atoms with Crippen LogP contribution in [-0.2, 0) is 40.0 Å². The number of carbonyl (C=O) groups excluding carboxylic acids is 2. The van der Waals surface area contributed by atoms with E-state index in [0.29, 0.717) is 33.6 Å². The van der Waals surface area contributed by atoms with Crippen LogP contribution in [0.15, 0.2) is 61.2 Å². The van der Waals surface area contributed by atoms with Gasteiger partial charge in [-0.3, -0.25) is 19.6 Å². The smallest absolute Gasteiger partial charge is 0.280 e. The van der Waals surface area contributed by atoms with E-state index < -0.39 is 42.6 Å². The number of methoxy groups -OCH3 is 1. The van der Waals surface area contributed by atoms with E-state index in [1.54, 1.807) is 6.92 Å². The number of aliphatic hydroxyl groups excluding tert-OH is 1. The van der Waals surface area contributed by atoms with Crippen LogP contribution in [0.1, 0.15) is 83.9 Å². The number of Topliss-reactive ketones (excluding diaryl/α,β-unsaturated/α-hetero) is 2. The van der Waals surface area contributed by atoms with Crippen molar-refractivity contribution in [3.63, 3.8) is 0 Å². The van der Waals surface area contributed by atoms with Crippen LogP contribution >= 0.6 is 0 Å². The number of pyridine rings is 2. The monoisotopic (exact) mass is 742 g/mol. The van der Waals surface area contributed by atoms with Crippen molar-refractivity contribution in [1.29, 1.82) is 0 Å². The molecule has 0 aliphatic carbocycles. The third kappa shape index (κ3) is 9.44. The van der Waals surface area contributed by atoms with E-state index in [1.165, 1.54) is 73.7 Å². The van der Waals surface area contributed by atoms with E-state index >= 15 is 0 Å². The van der Waals surface area contributed by atoms with E-state index in [4.69, 9.17) is 4.74 Å². The molecule has 0 unspecified atom stereocenters. The Morgan fingerprint density at radius 2 is 1.13 bits per heavy atom. The fourth-order valence-corrected chi connectivity index (χ4v) is 5.63. The van der Waals surface area contributed by atoms with Crippen molar-refractivity contribution < 1.29 is 45.8 Å². The van der Waals surface area contributed by atoms with Crippen LogP contribution < -0.4 is 0 Å². The molecule has 0 aromatic carbocycles. The first-order valence-electron chi connectivity index (χ1n) is 16.0. The molecule has 6 heterocycles. The lowest BCUT2D eigenvalue weighted by Gasteiger charge is -2.16. The summed E-state index contributed by atoms with van der Waals surface area (Å²) in [5.74, 6) is -1.92. The maximum Gasteiger partial charge on any atom is 0.280 e. The van der Waals surface area contributed by atoms with Gasteiger partial charge in [-0.15, -0.1) is 10.2 Å². The van der Waals surface area contributed by atoms with E-state index in [-0.39, 0.29) is 54.3 Å². The molecule has 53 heavy (non-hydrogen) atoms. The summed E-state index contributed by atoms with van der Waals surface area (Å²) in [7, 11) is 1.49. The van der Waals surface area contributed by atoms with Gasteiger partial charge >= 0.3 is 0 Å². The van der Waals surface area contributed by atoms with Crippen molar-refractivity contribution in [2.75, 3.05) is 7.11 Å². The summed E-state index contributed by atoms with van der Waals surface area (Å²) in [6.07, 6.45) is -1.75.